The lowest BCUT2D eigenvalue weighted by molar-refractivity contribution is 0.0688. The lowest BCUT2D eigenvalue weighted by atomic mass is 10.0. The molecule has 158 valence electrons. The number of carboxylic acids is 1. The van der Waals surface area contributed by atoms with E-state index in [1.54, 1.807) is 30.8 Å². The predicted molar refractivity (Wildman–Crippen MR) is 118 cm³/mol. The minimum atomic E-state index is -1.15. The SMILES string of the molecule is Cc1nn(-c2nc3c(s2)SC(C)c2c(C)nn(C)c2-3)c(C(=O)O)c1-c1cccc(F)c1. The largest absolute Gasteiger partial charge is 0.476 e. The summed E-state index contributed by atoms with van der Waals surface area (Å²) in [7, 11) is 1.89. The maximum atomic E-state index is 13.8. The maximum Gasteiger partial charge on any atom is 0.355 e. The van der Waals surface area contributed by atoms with Crippen LogP contribution < -0.4 is 0 Å². The normalized spacial score (nSPS) is 15.1. The predicted octanol–water partition coefficient (Wildman–Crippen LogP) is 5.02. The Bertz CT molecular complexity index is 1370. The first kappa shape index (κ1) is 20.0. The molecule has 1 aliphatic heterocycles. The standard InChI is InChI=1S/C21H18FN5O2S2/c1-9-14-11(3)30-20-16(17(14)26(4)24-9)23-21(31-20)27-18(19(28)29)15(10(2)25-27)12-6-5-7-13(22)8-12/h5-8,11H,1-4H3,(H,28,29). The lowest BCUT2D eigenvalue weighted by Crippen LogP contribution is -2.09. The number of hydrogen-bond acceptors (Lipinski definition) is 6. The van der Waals surface area contributed by atoms with Crippen molar-refractivity contribution in [2.45, 2.75) is 30.2 Å². The quantitative estimate of drug-likeness (QED) is 0.467. The van der Waals surface area contributed by atoms with Crippen molar-refractivity contribution in [1.82, 2.24) is 24.5 Å². The first-order chi connectivity index (χ1) is 14.8. The van der Waals surface area contributed by atoms with Gasteiger partial charge in [0.05, 0.1) is 21.3 Å². The number of aromatic carboxylic acids is 1. The second kappa shape index (κ2) is 7.03. The smallest absolute Gasteiger partial charge is 0.355 e. The first-order valence-electron chi connectivity index (χ1n) is 9.56. The van der Waals surface area contributed by atoms with Crippen molar-refractivity contribution in [3.05, 3.63) is 52.7 Å². The molecule has 31 heavy (non-hydrogen) atoms. The fourth-order valence-electron chi connectivity index (χ4n) is 4.13. The summed E-state index contributed by atoms with van der Waals surface area (Å²) in [5, 5.41) is 19.7. The number of thiazole rings is 1. The molecule has 1 N–H and O–H groups in total. The number of aromatic nitrogens is 5. The van der Waals surface area contributed by atoms with Gasteiger partial charge in [0.1, 0.15) is 11.5 Å². The Hall–Kier alpha value is -2.98. The van der Waals surface area contributed by atoms with Crippen LogP contribution in [0, 0.1) is 19.7 Å². The molecule has 4 aromatic rings. The maximum absolute atomic E-state index is 13.8. The molecule has 0 saturated heterocycles. The van der Waals surface area contributed by atoms with E-state index in [1.165, 1.54) is 28.2 Å². The fourth-order valence-corrected chi connectivity index (χ4v) is 6.71. The van der Waals surface area contributed by atoms with Gasteiger partial charge in [0.2, 0.25) is 5.13 Å². The summed E-state index contributed by atoms with van der Waals surface area (Å²) in [5.74, 6) is -1.58. The van der Waals surface area contributed by atoms with Crippen molar-refractivity contribution in [2.75, 3.05) is 0 Å². The molecular weight excluding hydrogens is 437 g/mol. The van der Waals surface area contributed by atoms with Crippen molar-refractivity contribution in [1.29, 1.82) is 0 Å². The Morgan fingerprint density at radius 2 is 2.00 bits per heavy atom. The second-order valence-electron chi connectivity index (χ2n) is 7.40. The Morgan fingerprint density at radius 1 is 1.23 bits per heavy atom. The summed E-state index contributed by atoms with van der Waals surface area (Å²) in [6, 6.07) is 5.87. The lowest BCUT2D eigenvalue weighted by Gasteiger charge is -2.18. The van der Waals surface area contributed by atoms with Gasteiger partial charge in [-0.3, -0.25) is 4.68 Å². The van der Waals surface area contributed by atoms with Crippen molar-refractivity contribution < 1.29 is 14.3 Å². The van der Waals surface area contributed by atoms with Crippen molar-refractivity contribution in [3.63, 3.8) is 0 Å². The molecule has 1 atom stereocenters. The Kier molecular flexibility index (Phi) is 4.52. The Morgan fingerprint density at radius 3 is 2.71 bits per heavy atom. The summed E-state index contributed by atoms with van der Waals surface area (Å²) >= 11 is 3.09. The van der Waals surface area contributed by atoms with Gasteiger partial charge >= 0.3 is 5.97 Å². The van der Waals surface area contributed by atoms with Gasteiger partial charge < -0.3 is 5.11 Å². The molecule has 3 aromatic heterocycles. The molecule has 0 saturated carbocycles. The summed E-state index contributed by atoms with van der Waals surface area (Å²) < 4.78 is 18.0. The molecule has 4 heterocycles. The number of fused-ring (bicyclic) bond motifs is 3. The average molecular weight is 456 g/mol. The van der Waals surface area contributed by atoms with Gasteiger partial charge in [0, 0.05) is 23.4 Å². The third-order valence-corrected chi connectivity index (χ3v) is 7.69. The Balaban J connectivity index is 1.72. The molecule has 0 amide bonds. The highest BCUT2D eigenvalue weighted by Crippen LogP contribution is 2.52. The van der Waals surface area contributed by atoms with Crippen molar-refractivity contribution in [3.8, 4) is 27.6 Å². The van der Waals surface area contributed by atoms with Crippen LogP contribution in [0.25, 0.3) is 27.6 Å². The van der Waals surface area contributed by atoms with Gasteiger partial charge in [-0.05, 0) is 38.5 Å². The molecule has 1 aliphatic rings. The third-order valence-electron chi connectivity index (χ3n) is 5.33. The minimum Gasteiger partial charge on any atom is -0.476 e. The highest BCUT2D eigenvalue weighted by atomic mass is 32.2. The molecule has 1 aromatic carbocycles. The van der Waals surface area contributed by atoms with E-state index in [0.717, 1.165) is 26.9 Å². The van der Waals surface area contributed by atoms with Gasteiger partial charge in [-0.15, -0.1) is 11.8 Å². The molecule has 0 spiro atoms. The number of carboxylic acid groups (broad SMARTS) is 1. The van der Waals surface area contributed by atoms with Gasteiger partial charge in [0.25, 0.3) is 0 Å². The number of benzene rings is 1. The number of aryl methyl sites for hydroxylation is 3. The minimum absolute atomic E-state index is 0.0337. The number of halogens is 1. The average Bonchev–Trinajstić information content (AvgIpc) is 3.35. The summed E-state index contributed by atoms with van der Waals surface area (Å²) in [6.45, 7) is 5.83. The van der Waals surface area contributed by atoms with Crippen molar-refractivity contribution >= 4 is 29.1 Å². The van der Waals surface area contributed by atoms with Gasteiger partial charge in [-0.25, -0.2) is 14.2 Å². The number of rotatable bonds is 3. The molecule has 7 nitrogen and oxygen atoms in total. The number of carbonyl (C=O) groups is 1. The van der Waals surface area contributed by atoms with Crippen LogP contribution in [0.4, 0.5) is 4.39 Å². The van der Waals surface area contributed by atoms with E-state index in [4.69, 9.17) is 4.98 Å². The zero-order valence-electron chi connectivity index (χ0n) is 17.2. The fraction of sp³-hybridized carbons (Fsp3) is 0.238. The van der Waals surface area contributed by atoms with Crippen LogP contribution >= 0.6 is 23.1 Å². The molecular formula is C21H18FN5O2S2. The molecule has 10 heteroatoms. The second-order valence-corrected chi connectivity index (χ2v) is 9.99. The van der Waals surface area contributed by atoms with Gasteiger partial charge in [0.15, 0.2) is 5.69 Å². The first-order valence-corrected chi connectivity index (χ1v) is 11.3. The summed E-state index contributed by atoms with van der Waals surface area (Å²) in [4.78, 5) is 17.0. The van der Waals surface area contributed by atoms with E-state index < -0.39 is 11.8 Å². The van der Waals surface area contributed by atoms with E-state index >= 15 is 0 Å². The topological polar surface area (TPSA) is 85.8 Å². The Labute approximate surface area is 185 Å². The molecule has 0 radical (unpaired) electrons. The van der Waals surface area contributed by atoms with Crippen LogP contribution in [0.3, 0.4) is 0 Å². The number of nitrogens with zero attached hydrogens (tertiary/aromatic N) is 5. The van der Waals surface area contributed by atoms with Gasteiger partial charge in [-0.2, -0.15) is 14.9 Å². The van der Waals surface area contributed by atoms with Crippen LogP contribution in [0.15, 0.2) is 28.5 Å². The number of hydrogen-bond donors (Lipinski definition) is 1. The molecule has 5 rings (SSSR count). The molecule has 0 aliphatic carbocycles. The monoisotopic (exact) mass is 455 g/mol. The van der Waals surface area contributed by atoms with E-state index in [9.17, 15) is 14.3 Å². The highest BCUT2D eigenvalue weighted by Gasteiger charge is 2.33. The molecule has 0 fully saturated rings. The van der Waals surface area contributed by atoms with Crippen LogP contribution in [0.1, 0.15) is 39.6 Å². The summed E-state index contributed by atoms with van der Waals surface area (Å²) in [5.41, 5.74) is 5.17. The van der Waals surface area contributed by atoms with Crippen LogP contribution in [0.2, 0.25) is 0 Å². The van der Waals surface area contributed by atoms with Crippen LogP contribution in [-0.4, -0.2) is 35.6 Å². The van der Waals surface area contributed by atoms with E-state index in [-0.39, 0.29) is 10.9 Å². The highest BCUT2D eigenvalue weighted by molar-refractivity contribution is 8.01. The molecule has 0 bridgehead atoms. The zero-order valence-corrected chi connectivity index (χ0v) is 18.8. The van der Waals surface area contributed by atoms with Crippen molar-refractivity contribution in [2.24, 2.45) is 7.05 Å². The van der Waals surface area contributed by atoms with Gasteiger partial charge in [-0.1, -0.05) is 23.5 Å². The summed E-state index contributed by atoms with van der Waals surface area (Å²) in [6.07, 6.45) is 0. The van der Waals surface area contributed by atoms with E-state index in [2.05, 4.69) is 17.1 Å². The number of thioether (sulfide) groups is 1. The van der Waals surface area contributed by atoms with Crippen LogP contribution in [0.5, 0.6) is 0 Å². The van der Waals surface area contributed by atoms with E-state index in [1.807, 2.05) is 18.7 Å². The third kappa shape index (κ3) is 3.01. The molecule has 1 unspecified atom stereocenters. The van der Waals surface area contributed by atoms with Crippen LogP contribution in [-0.2, 0) is 7.05 Å². The van der Waals surface area contributed by atoms with E-state index in [0.29, 0.717) is 22.0 Å². The zero-order chi connectivity index (χ0) is 22.0.